The summed E-state index contributed by atoms with van der Waals surface area (Å²) in [5.41, 5.74) is 0.858. The number of hydrogen-bond acceptors (Lipinski definition) is 4. The lowest BCUT2D eigenvalue weighted by Gasteiger charge is -2.13. The molecule has 3 heterocycles. The number of pyridine rings is 1. The van der Waals surface area contributed by atoms with E-state index in [9.17, 15) is 0 Å². The van der Waals surface area contributed by atoms with Gasteiger partial charge in [-0.15, -0.1) is 5.10 Å². The van der Waals surface area contributed by atoms with Crippen molar-refractivity contribution in [2.24, 2.45) is 0 Å². The van der Waals surface area contributed by atoms with Gasteiger partial charge in [0.25, 0.3) is 0 Å². The first-order valence-corrected chi connectivity index (χ1v) is 5.52. The molecule has 0 aromatic carbocycles. The van der Waals surface area contributed by atoms with Crippen molar-refractivity contribution < 1.29 is 4.74 Å². The summed E-state index contributed by atoms with van der Waals surface area (Å²) in [4.78, 5) is 4.40. The minimum Gasteiger partial charge on any atom is -0.376 e. The predicted molar refractivity (Wildman–Crippen MR) is 60.4 cm³/mol. The molecule has 1 aliphatic rings. The fraction of sp³-hybridized carbons (Fsp3) is 0.455. The van der Waals surface area contributed by atoms with E-state index in [4.69, 9.17) is 4.74 Å². The molecule has 0 radical (unpaired) electrons. The SMILES string of the molecule is CC1OCCC1Nc1nc2ccccn2n1. The lowest BCUT2D eigenvalue weighted by atomic mass is 10.2. The zero-order valence-electron chi connectivity index (χ0n) is 9.13. The van der Waals surface area contributed by atoms with Crippen LogP contribution in [0.5, 0.6) is 0 Å². The van der Waals surface area contributed by atoms with Crippen molar-refractivity contribution in [1.29, 1.82) is 0 Å². The zero-order valence-corrected chi connectivity index (χ0v) is 9.13. The van der Waals surface area contributed by atoms with Gasteiger partial charge in [-0.2, -0.15) is 4.98 Å². The van der Waals surface area contributed by atoms with Crippen LogP contribution in [-0.4, -0.2) is 33.4 Å². The molecule has 3 rings (SSSR count). The Bertz CT molecular complexity index is 462. The van der Waals surface area contributed by atoms with Gasteiger partial charge >= 0.3 is 0 Å². The first-order valence-electron chi connectivity index (χ1n) is 5.52. The molecule has 1 fully saturated rings. The van der Waals surface area contributed by atoms with E-state index in [1.54, 1.807) is 4.52 Å². The van der Waals surface area contributed by atoms with Gasteiger partial charge in [-0.05, 0) is 25.5 Å². The van der Waals surface area contributed by atoms with Gasteiger partial charge in [0.05, 0.1) is 12.1 Å². The Labute approximate surface area is 93.4 Å². The van der Waals surface area contributed by atoms with Crippen LogP contribution in [-0.2, 0) is 4.74 Å². The predicted octanol–water partition coefficient (Wildman–Crippen LogP) is 1.32. The van der Waals surface area contributed by atoms with Gasteiger partial charge < -0.3 is 10.1 Å². The Kier molecular flexibility index (Phi) is 2.25. The standard InChI is InChI=1S/C11H14N4O/c1-8-9(5-7-16-8)12-11-13-10-4-2-3-6-15(10)14-11/h2-4,6,8-9H,5,7H2,1H3,(H,12,14). The van der Waals surface area contributed by atoms with Gasteiger partial charge in [0.15, 0.2) is 5.65 Å². The summed E-state index contributed by atoms with van der Waals surface area (Å²) >= 11 is 0. The molecule has 0 amide bonds. The molecule has 1 N–H and O–H groups in total. The molecule has 2 atom stereocenters. The summed E-state index contributed by atoms with van der Waals surface area (Å²) in [5.74, 6) is 0.675. The van der Waals surface area contributed by atoms with Crippen molar-refractivity contribution in [3.63, 3.8) is 0 Å². The minimum atomic E-state index is 0.228. The third-order valence-corrected chi connectivity index (χ3v) is 2.93. The highest BCUT2D eigenvalue weighted by atomic mass is 16.5. The zero-order chi connectivity index (χ0) is 11.0. The minimum absolute atomic E-state index is 0.228. The second-order valence-corrected chi connectivity index (χ2v) is 4.05. The molecule has 0 aliphatic carbocycles. The first kappa shape index (κ1) is 9.59. The highest BCUT2D eigenvalue weighted by molar-refractivity contribution is 5.43. The quantitative estimate of drug-likeness (QED) is 0.826. The van der Waals surface area contributed by atoms with Crippen LogP contribution in [0.25, 0.3) is 5.65 Å². The van der Waals surface area contributed by atoms with E-state index in [1.165, 1.54) is 0 Å². The Morgan fingerprint density at radius 2 is 2.44 bits per heavy atom. The van der Waals surface area contributed by atoms with Crippen LogP contribution in [0.4, 0.5) is 5.95 Å². The Balaban J connectivity index is 1.83. The van der Waals surface area contributed by atoms with E-state index in [1.807, 2.05) is 24.4 Å². The van der Waals surface area contributed by atoms with E-state index < -0.39 is 0 Å². The van der Waals surface area contributed by atoms with E-state index in [2.05, 4.69) is 22.3 Å². The molecule has 5 nitrogen and oxygen atoms in total. The van der Waals surface area contributed by atoms with Gasteiger partial charge in [0.1, 0.15) is 0 Å². The number of rotatable bonds is 2. The third kappa shape index (κ3) is 1.63. The number of ether oxygens (including phenoxy) is 1. The molecule has 16 heavy (non-hydrogen) atoms. The van der Waals surface area contributed by atoms with E-state index in [0.29, 0.717) is 12.0 Å². The highest BCUT2D eigenvalue weighted by Gasteiger charge is 2.24. The molecular formula is C11H14N4O. The maximum Gasteiger partial charge on any atom is 0.243 e. The fourth-order valence-corrected chi connectivity index (χ4v) is 1.98. The van der Waals surface area contributed by atoms with Crippen molar-refractivity contribution in [3.8, 4) is 0 Å². The molecule has 1 aliphatic heterocycles. The van der Waals surface area contributed by atoms with Crippen LogP contribution in [0.2, 0.25) is 0 Å². The Morgan fingerprint density at radius 1 is 1.50 bits per heavy atom. The molecule has 0 spiro atoms. The summed E-state index contributed by atoms with van der Waals surface area (Å²) in [6.07, 6.45) is 3.13. The number of anilines is 1. The van der Waals surface area contributed by atoms with Crippen molar-refractivity contribution in [2.45, 2.75) is 25.5 Å². The smallest absolute Gasteiger partial charge is 0.243 e. The molecule has 84 valence electrons. The number of aromatic nitrogens is 3. The van der Waals surface area contributed by atoms with Crippen LogP contribution in [0, 0.1) is 0 Å². The molecule has 2 aromatic rings. The summed E-state index contributed by atoms with van der Waals surface area (Å²) in [5, 5.41) is 7.66. The molecule has 1 saturated heterocycles. The molecule has 2 unspecified atom stereocenters. The second kappa shape index (κ2) is 3.75. The molecule has 0 saturated carbocycles. The molecule has 5 heteroatoms. The van der Waals surface area contributed by atoms with Crippen LogP contribution in [0.1, 0.15) is 13.3 Å². The monoisotopic (exact) mass is 218 g/mol. The molecule has 2 aromatic heterocycles. The lowest BCUT2D eigenvalue weighted by Crippen LogP contribution is -2.27. The van der Waals surface area contributed by atoms with Gasteiger partial charge in [-0.3, -0.25) is 0 Å². The maximum absolute atomic E-state index is 5.49. The van der Waals surface area contributed by atoms with Gasteiger partial charge in [-0.1, -0.05) is 6.07 Å². The molecule has 0 bridgehead atoms. The number of hydrogen-bond donors (Lipinski definition) is 1. The van der Waals surface area contributed by atoms with Crippen LogP contribution < -0.4 is 5.32 Å². The second-order valence-electron chi connectivity index (χ2n) is 4.05. The number of fused-ring (bicyclic) bond motifs is 1. The highest BCUT2D eigenvalue weighted by Crippen LogP contribution is 2.17. The Morgan fingerprint density at radius 3 is 3.19 bits per heavy atom. The van der Waals surface area contributed by atoms with Crippen molar-refractivity contribution in [3.05, 3.63) is 24.4 Å². The summed E-state index contributed by atoms with van der Waals surface area (Å²) < 4.78 is 7.25. The van der Waals surface area contributed by atoms with E-state index in [0.717, 1.165) is 18.7 Å². The normalized spacial score (nSPS) is 25.1. The summed E-state index contributed by atoms with van der Waals surface area (Å²) in [6.45, 7) is 2.88. The van der Waals surface area contributed by atoms with Crippen LogP contribution in [0.3, 0.4) is 0 Å². The largest absolute Gasteiger partial charge is 0.376 e. The molecular weight excluding hydrogens is 204 g/mol. The first-order chi connectivity index (χ1) is 7.83. The topological polar surface area (TPSA) is 51.5 Å². The summed E-state index contributed by atoms with van der Waals surface area (Å²) in [7, 11) is 0. The lowest BCUT2D eigenvalue weighted by molar-refractivity contribution is 0.121. The van der Waals surface area contributed by atoms with E-state index in [-0.39, 0.29) is 6.10 Å². The van der Waals surface area contributed by atoms with Crippen LogP contribution >= 0.6 is 0 Å². The third-order valence-electron chi connectivity index (χ3n) is 2.93. The van der Waals surface area contributed by atoms with Crippen molar-refractivity contribution in [1.82, 2.24) is 14.6 Å². The van der Waals surface area contributed by atoms with Gasteiger partial charge in [-0.25, -0.2) is 4.52 Å². The Hall–Kier alpha value is -1.62. The number of nitrogens with zero attached hydrogens (tertiary/aromatic N) is 3. The maximum atomic E-state index is 5.49. The fourth-order valence-electron chi connectivity index (χ4n) is 1.98. The number of nitrogens with one attached hydrogen (secondary N) is 1. The van der Waals surface area contributed by atoms with E-state index >= 15 is 0 Å². The van der Waals surface area contributed by atoms with Gasteiger partial charge in [0, 0.05) is 12.8 Å². The average Bonchev–Trinajstić information content (AvgIpc) is 2.85. The van der Waals surface area contributed by atoms with Gasteiger partial charge in [0.2, 0.25) is 5.95 Å². The average molecular weight is 218 g/mol. The van der Waals surface area contributed by atoms with Crippen molar-refractivity contribution >= 4 is 11.6 Å². The van der Waals surface area contributed by atoms with Crippen molar-refractivity contribution in [2.75, 3.05) is 11.9 Å². The van der Waals surface area contributed by atoms with Crippen LogP contribution in [0.15, 0.2) is 24.4 Å². The summed E-state index contributed by atoms with van der Waals surface area (Å²) in [6, 6.07) is 6.15.